The van der Waals surface area contributed by atoms with Crippen LogP contribution in [0.2, 0.25) is 0 Å². The lowest BCUT2D eigenvalue weighted by Crippen LogP contribution is -2.52. The van der Waals surface area contributed by atoms with Gasteiger partial charge in [0.1, 0.15) is 0 Å². The van der Waals surface area contributed by atoms with Gasteiger partial charge in [0, 0.05) is 0 Å². The molecule has 1 fully saturated rings. The number of rotatable bonds is 5. The first-order valence-corrected chi connectivity index (χ1v) is 8.35. The molecule has 0 aliphatic heterocycles. The molecule has 1 aliphatic carbocycles. The molecule has 1 saturated carbocycles. The maximum atomic E-state index is 12.4. The monoisotopic (exact) mass is 313 g/mol. The normalized spacial score (nSPS) is 18.3. The molecule has 0 bridgehead atoms. The van der Waals surface area contributed by atoms with Gasteiger partial charge in [-0.15, -0.1) is 0 Å². The van der Waals surface area contributed by atoms with Crippen LogP contribution in [0.1, 0.15) is 42.5 Å². The number of sulfonamides is 1. The zero-order valence-electron chi connectivity index (χ0n) is 11.6. The Labute approximate surface area is 123 Å². The van der Waals surface area contributed by atoms with Crippen LogP contribution in [0, 0.1) is 0 Å². The first-order chi connectivity index (χ1) is 9.88. The van der Waals surface area contributed by atoms with Gasteiger partial charge in [0.05, 0.1) is 22.6 Å². The molecule has 116 valence electrons. The number of benzene rings is 1. The SMILES string of the molecule is O=C(O)c1ccc(S(=O)(=O)NC2(CO)CCCCC2)cc1. The van der Waals surface area contributed by atoms with Crippen molar-refractivity contribution in [3.8, 4) is 0 Å². The minimum Gasteiger partial charge on any atom is -0.478 e. The summed E-state index contributed by atoms with van der Waals surface area (Å²) < 4.78 is 27.4. The molecule has 0 aromatic heterocycles. The lowest BCUT2D eigenvalue weighted by atomic mass is 9.83. The van der Waals surface area contributed by atoms with E-state index in [-0.39, 0.29) is 17.1 Å². The summed E-state index contributed by atoms with van der Waals surface area (Å²) in [6, 6.07) is 5.03. The van der Waals surface area contributed by atoms with Gasteiger partial charge in [0.15, 0.2) is 0 Å². The highest BCUT2D eigenvalue weighted by Crippen LogP contribution is 2.29. The van der Waals surface area contributed by atoms with Crippen LogP contribution in [-0.4, -0.2) is 36.7 Å². The number of nitrogens with one attached hydrogen (secondary N) is 1. The largest absolute Gasteiger partial charge is 0.478 e. The first kappa shape index (κ1) is 15.9. The molecule has 0 amide bonds. The number of hydrogen-bond donors (Lipinski definition) is 3. The van der Waals surface area contributed by atoms with Gasteiger partial charge in [0.2, 0.25) is 10.0 Å². The molecule has 1 aromatic carbocycles. The highest BCUT2D eigenvalue weighted by Gasteiger charge is 2.35. The van der Waals surface area contributed by atoms with E-state index in [1.54, 1.807) is 0 Å². The minimum atomic E-state index is -3.78. The lowest BCUT2D eigenvalue weighted by molar-refractivity contribution is 0.0696. The molecule has 7 heteroatoms. The topological polar surface area (TPSA) is 104 Å². The zero-order valence-corrected chi connectivity index (χ0v) is 12.4. The maximum absolute atomic E-state index is 12.4. The van der Waals surface area contributed by atoms with E-state index in [2.05, 4.69) is 4.72 Å². The predicted molar refractivity (Wildman–Crippen MR) is 76.6 cm³/mol. The molecule has 3 N–H and O–H groups in total. The summed E-state index contributed by atoms with van der Waals surface area (Å²) in [5, 5.41) is 18.4. The van der Waals surface area contributed by atoms with Crippen molar-refractivity contribution < 1.29 is 23.4 Å². The van der Waals surface area contributed by atoms with Crippen LogP contribution in [0.3, 0.4) is 0 Å². The van der Waals surface area contributed by atoms with Gasteiger partial charge in [0.25, 0.3) is 0 Å². The average molecular weight is 313 g/mol. The number of aliphatic hydroxyl groups excluding tert-OH is 1. The summed E-state index contributed by atoms with van der Waals surface area (Å²) in [5.74, 6) is -1.11. The maximum Gasteiger partial charge on any atom is 0.335 e. The Morgan fingerprint density at radius 2 is 1.71 bits per heavy atom. The van der Waals surface area contributed by atoms with E-state index < -0.39 is 21.5 Å². The van der Waals surface area contributed by atoms with Crippen LogP contribution >= 0.6 is 0 Å². The molecule has 0 unspecified atom stereocenters. The average Bonchev–Trinajstić information content (AvgIpc) is 2.48. The summed E-state index contributed by atoms with van der Waals surface area (Å²) in [5.41, 5.74) is -0.772. The van der Waals surface area contributed by atoms with Gasteiger partial charge in [-0.2, -0.15) is 0 Å². The molecule has 1 aromatic rings. The third-order valence-electron chi connectivity index (χ3n) is 3.88. The quantitative estimate of drug-likeness (QED) is 0.761. The van der Waals surface area contributed by atoms with E-state index in [4.69, 9.17) is 5.11 Å². The third-order valence-corrected chi connectivity index (χ3v) is 5.47. The summed E-state index contributed by atoms with van der Waals surface area (Å²) in [7, 11) is -3.78. The second-order valence-electron chi connectivity index (χ2n) is 5.43. The molecule has 0 heterocycles. The van der Waals surface area contributed by atoms with E-state index in [9.17, 15) is 18.3 Å². The third kappa shape index (κ3) is 3.61. The van der Waals surface area contributed by atoms with Gasteiger partial charge in [-0.25, -0.2) is 17.9 Å². The second kappa shape index (κ2) is 6.13. The molecule has 0 atom stereocenters. The van der Waals surface area contributed by atoms with Gasteiger partial charge in [-0.1, -0.05) is 19.3 Å². The van der Waals surface area contributed by atoms with Crippen molar-refractivity contribution in [2.75, 3.05) is 6.61 Å². The molecule has 0 saturated heterocycles. The minimum absolute atomic E-state index is 0.00546. The number of aliphatic hydroxyl groups is 1. The lowest BCUT2D eigenvalue weighted by Gasteiger charge is -2.36. The van der Waals surface area contributed by atoms with Crippen LogP contribution in [0.4, 0.5) is 0 Å². The molecule has 1 aliphatic rings. The Bertz CT molecular complexity index is 603. The summed E-state index contributed by atoms with van der Waals surface area (Å²) in [6.45, 7) is -0.237. The van der Waals surface area contributed by atoms with E-state index in [0.29, 0.717) is 12.8 Å². The number of carboxylic acid groups (broad SMARTS) is 1. The molecule has 21 heavy (non-hydrogen) atoms. The summed E-state index contributed by atoms with van der Waals surface area (Å²) >= 11 is 0. The van der Waals surface area contributed by atoms with E-state index in [0.717, 1.165) is 19.3 Å². The van der Waals surface area contributed by atoms with Crippen molar-refractivity contribution in [1.29, 1.82) is 0 Å². The Morgan fingerprint density at radius 1 is 1.14 bits per heavy atom. The van der Waals surface area contributed by atoms with Crippen molar-refractivity contribution in [1.82, 2.24) is 4.72 Å². The Kier molecular flexibility index (Phi) is 4.65. The smallest absolute Gasteiger partial charge is 0.335 e. The predicted octanol–water partition coefficient (Wildman–Crippen LogP) is 1.36. The molecule has 0 radical (unpaired) electrons. The number of carboxylic acids is 1. The first-order valence-electron chi connectivity index (χ1n) is 6.87. The fraction of sp³-hybridized carbons (Fsp3) is 0.500. The highest BCUT2D eigenvalue weighted by atomic mass is 32.2. The van der Waals surface area contributed by atoms with Gasteiger partial charge in [-0.3, -0.25) is 0 Å². The van der Waals surface area contributed by atoms with Crippen molar-refractivity contribution in [3.05, 3.63) is 29.8 Å². The fourth-order valence-corrected chi connectivity index (χ4v) is 4.09. The van der Waals surface area contributed by atoms with Gasteiger partial charge >= 0.3 is 5.97 Å². The Hall–Kier alpha value is -1.44. The van der Waals surface area contributed by atoms with E-state index in [1.807, 2.05) is 0 Å². The second-order valence-corrected chi connectivity index (χ2v) is 7.12. The van der Waals surface area contributed by atoms with Crippen LogP contribution < -0.4 is 4.72 Å². The molecular formula is C14H19NO5S. The molecular weight excluding hydrogens is 294 g/mol. The van der Waals surface area contributed by atoms with Crippen molar-refractivity contribution in [2.45, 2.75) is 42.5 Å². The zero-order chi connectivity index (χ0) is 15.5. The Morgan fingerprint density at radius 3 is 2.19 bits per heavy atom. The van der Waals surface area contributed by atoms with Crippen LogP contribution in [-0.2, 0) is 10.0 Å². The van der Waals surface area contributed by atoms with Crippen molar-refractivity contribution >= 4 is 16.0 Å². The molecule has 6 nitrogen and oxygen atoms in total. The number of aromatic carboxylic acids is 1. The van der Waals surface area contributed by atoms with Crippen molar-refractivity contribution in [2.24, 2.45) is 0 Å². The van der Waals surface area contributed by atoms with Crippen LogP contribution in [0.25, 0.3) is 0 Å². The number of hydrogen-bond acceptors (Lipinski definition) is 4. The number of carbonyl (C=O) groups is 1. The van der Waals surface area contributed by atoms with Crippen LogP contribution in [0.15, 0.2) is 29.2 Å². The van der Waals surface area contributed by atoms with Gasteiger partial charge < -0.3 is 10.2 Å². The standard InChI is InChI=1S/C14H19NO5S/c16-10-14(8-2-1-3-9-14)15-21(19,20)12-6-4-11(5-7-12)13(17)18/h4-7,15-16H,1-3,8-10H2,(H,17,18). The van der Waals surface area contributed by atoms with E-state index >= 15 is 0 Å². The summed E-state index contributed by atoms with van der Waals surface area (Å²) in [6.07, 6.45) is 4.00. The Balaban J connectivity index is 2.22. The van der Waals surface area contributed by atoms with Crippen molar-refractivity contribution in [3.63, 3.8) is 0 Å². The van der Waals surface area contributed by atoms with E-state index in [1.165, 1.54) is 24.3 Å². The summed E-state index contributed by atoms with van der Waals surface area (Å²) in [4.78, 5) is 10.8. The highest BCUT2D eigenvalue weighted by molar-refractivity contribution is 7.89. The van der Waals surface area contributed by atoms with Gasteiger partial charge in [-0.05, 0) is 37.1 Å². The van der Waals surface area contributed by atoms with Crippen LogP contribution in [0.5, 0.6) is 0 Å². The molecule has 0 spiro atoms. The fourth-order valence-electron chi connectivity index (χ4n) is 2.64. The molecule has 2 rings (SSSR count).